The number of carboxylic acid groups (broad SMARTS) is 1. The topological polar surface area (TPSA) is 95.1 Å². The molecule has 0 fully saturated rings. The zero-order valence-electron chi connectivity index (χ0n) is 9.80. The van der Waals surface area contributed by atoms with Crippen LogP contribution >= 0.6 is 0 Å². The largest absolute Gasteiger partial charge is 0.481 e. The summed E-state index contributed by atoms with van der Waals surface area (Å²) in [5.41, 5.74) is 1.34. The number of rotatable bonds is 4. The Morgan fingerprint density at radius 3 is 3.00 bits per heavy atom. The second kappa shape index (κ2) is 4.87. The molecule has 0 spiro atoms. The number of hydrogen-bond acceptors (Lipinski definition) is 3. The summed E-state index contributed by atoms with van der Waals surface area (Å²) in [4.78, 5) is 22.4. The molecular formula is C12H13N3O3. The van der Waals surface area contributed by atoms with Gasteiger partial charge in [0.2, 0.25) is 0 Å². The second-order valence-corrected chi connectivity index (χ2v) is 4.14. The predicted octanol–water partition coefficient (Wildman–Crippen LogP) is 1.16. The van der Waals surface area contributed by atoms with Crippen LogP contribution in [0.15, 0.2) is 24.4 Å². The number of hydrogen-bond donors (Lipinski definition) is 3. The minimum Gasteiger partial charge on any atom is -0.481 e. The average Bonchev–Trinajstić information content (AvgIpc) is 2.74. The Hall–Kier alpha value is -2.37. The van der Waals surface area contributed by atoms with Crippen molar-refractivity contribution in [1.82, 2.24) is 15.5 Å². The molecule has 1 heterocycles. The normalized spacial score (nSPS) is 12.3. The van der Waals surface area contributed by atoms with Gasteiger partial charge in [-0.15, -0.1) is 0 Å². The third kappa shape index (κ3) is 2.65. The number of H-pyrrole nitrogens is 1. The molecule has 0 saturated carbocycles. The van der Waals surface area contributed by atoms with Gasteiger partial charge in [-0.2, -0.15) is 5.10 Å². The van der Waals surface area contributed by atoms with E-state index in [9.17, 15) is 9.59 Å². The number of carbonyl (C=O) groups is 2. The molecule has 0 saturated heterocycles. The number of nitrogens with zero attached hydrogens (tertiary/aromatic N) is 1. The van der Waals surface area contributed by atoms with Crippen LogP contribution in [0.2, 0.25) is 0 Å². The summed E-state index contributed by atoms with van der Waals surface area (Å²) < 4.78 is 0. The van der Waals surface area contributed by atoms with Gasteiger partial charge in [0.25, 0.3) is 5.91 Å². The first-order valence-corrected chi connectivity index (χ1v) is 5.52. The summed E-state index contributed by atoms with van der Waals surface area (Å²) in [7, 11) is 0. The van der Waals surface area contributed by atoms with Gasteiger partial charge in [-0.05, 0) is 25.1 Å². The van der Waals surface area contributed by atoms with Crippen molar-refractivity contribution < 1.29 is 14.7 Å². The Kier molecular flexibility index (Phi) is 3.27. The molecule has 0 unspecified atom stereocenters. The molecular weight excluding hydrogens is 234 g/mol. The first kappa shape index (κ1) is 12.1. The van der Waals surface area contributed by atoms with Gasteiger partial charge in [0, 0.05) is 17.0 Å². The summed E-state index contributed by atoms with van der Waals surface area (Å²) in [5, 5.41) is 18.8. The summed E-state index contributed by atoms with van der Waals surface area (Å²) in [6, 6.07) is 4.74. The highest BCUT2D eigenvalue weighted by Gasteiger charge is 2.13. The van der Waals surface area contributed by atoms with Crippen molar-refractivity contribution in [2.45, 2.75) is 19.4 Å². The lowest BCUT2D eigenvalue weighted by Crippen LogP contribution is -2.34. The van der Waals surface area contributed by atoms with Crippen LogP contribution in [0.4, 0.5) is 0 Å². The van der Waals surface area contributed by atoms with Gasteiger partial charge >= 0.3 is 5.97 Å². The first-order chi connectivity index (χ1) is 8.56. The zero-order chi connectivity index (χ0) is 13.1. The van der Waals surface area contributed by atoms with Crippen molar-refractivity contribution in [3.8, 4) is 0 Å². The van der Waals surface area contributed by atoms with E-state index in [1.165, 1.54) is 0 Å². The van der Waals surface area contributed by atoms with Crippen molar-refractivity contribution in [3.05, 3.63) is 30.0 Å². The molecule has 6 nitrogen and oxygen atoms in total. The van der Waals surface area contributed by atoms with Crippen LogP contribution in [0.25, 0.3) is 10.9 Å². The number of fused-ring (bicyclic) bond motifs is 1. The lowest BCUT2D eigenvalue weighted by Gasteiger charge is -2.11. The standard InChI is InChI=1S/C12H13N3O3/c1-7(4-11(16)17)14-12(18)8-2-3-10-9(5-8)6-13-15-10/h2-3,5-7H,4H2,1H3,(H,13,15)(H,14,18)(H,16,17)/t7-/m0/s1. The smallest absolute Gasteiger partial charge is 0.305 e. The highest BCUT2D eigenvalue weighted by Crippen LogP contribution is 2.12. The quantitative estimate of drug-likeness (QED) is 0.755. The SMILES string of the molecule is C[C@@H](CC(=O)O)NC(=O)c1ccc2[nH]ncc2c1. The van der Waals surface area contributed by atoms with E-state index in [4.69, 9.17) is 5.11 Å². The second-order valence-electron chi connectivity index (χ2n) is 4.14. The van der Waals surface area contributed by atoms with Gasteiger partial charge in [-0.3, -0.25) is 14.7 Å². The van der Waals surface area contributed by atoms with Gasteiger partial charge in [-0.1, -0.05) is 0 Å². The minimum atomic E-state index is -0.937. The maximum atomic E-state index is 11.9. The first-order valence-electron chi connectivity index (χ1n) is 5.52. The number of amides is 1. The highest BCUT2D eigenvalue weighted by atomic mass is 16.4. The lowest BCUT2D eigenvalue weighted by atomic mass is 10.1. The zero-order valence-corrected chi connectivity index (χ0v) is 9.80. The van der Waals surface area contributed by atoms with Crippen molar-refractivity contribution in [3.63, 3.8) is 0 Å². The molecule has 6 heteroatoms. The molecule has 2 aromatic rings. The van der Waals surface area contributed by atoms with E-state index in [1.54, 1.807) is 31.3 Å². The Morgan fingerprint density at radius 2 is 2.28 bits per heavy atom. The van der Waals surface area contributed by atoms with Crippen LogP contribution in [0.1, 0.15) is 23.7 Å². The lowest BCUT2D eigenvalue weighted by molar-refractivity contribution is -0.137. The van der Waals surface area contributed by atoms with Crippen LogP contribution in [0.5, 0.6) is 0 Å². The number of nitrogens with one attached hydrogen (secondary N) is 2. The van der Waals surface area contributed by atoms with Crippen molar-refractivity contribution in [2.75, 3.05) is 0 Å². The maximum Gasteiger partial charge on any atom is 0.305 e. The Bertz CT molecular complexity index is 591. The van der Waals surface area contributed by atoms with Gasteiger partial charge in [0.1, 0.15) is 0 Å². The monoisotopic (exact) mass is 247 g/mol. The van der Waals surface area contributed by atoms with E-state index >= 15 is 0 Å². The number of benzene rings is 1. The van der Waals surface area contributed by atoms with Gasteiger partial charge in [0.05, 0.1) is 18.1 Å². The van der Waals surface area contributed by atoms with Crippen LogP contribution in [0.3, 0.4) is 0 Å². The van der Waals surface area contributed by atoms with Crippen LogP contribution in [-0.2, 0) is 4.79 Å². The third-order valence-corrected chi connectivity index (χ3v) is 2.56. The van der Waals surface area contributed by atoms with Gasteiger partial charge in [0.15, 0.2) is 0 Å². The Labute approximate surface area is 103 Å². The highest BCUT2D eigenvalue weighted by molar-refractivity contribution is 5.98. The third-order valence-electron chi connectivity index (χ3n) is 2.56. The molecule has 94 valence electrons. The van der Waals surface area contributed by atoms with E-state index in [0.29, 0.717) is 5.56 Å². The van der Waals surface area contributed by atoms with Crippen LogP contribution in [0, 0.1) is 0 Å². The molecule has 0 aliphatic heterocycles. The van der Waals surface area contributed by atoms with Gasteiger partial charge < -0.3 is 10.4 Å². The molecule has 2 rings (SSSR count). The molecule has 1 aromatic carbocycles. The molecule has 0 aliphatic rings. The Balaban J connectivity index is 2.10. The fourth-order valence-corrected chi connectivity index (χ4v) is 1.70. The van der Waals surface area contributed by atoms with E-state index < -0.39 is 12.0 Å². The minimum absolute atomic E-state index is 0.0975. The summed E-state index contributed by atoms with van der Waals surface area (Å²) in [6.45, 7) is 1.66. The van der Waals surface area contributed by atoms with E-state index in [1.807, 2.05) is 0 Å². The number of aromatic amines is 1. The molecule has 1 atom stereocenters. The summed E-state index contributed by atoms with van der Waals surface area (Å²) in [6.07, 6.45) is 1.53. The number of aromatic nitrogens is 2. The number of carboxylic acids is 1. The molecule has 1 aromatic heterocycles. The predicted molar refractivity (Wildman–Crippen MR) is 65.3 cm³/mol. The Morgan fingerprint density at radius 1 is 1.50 bits per heavy atom. The number of carbonyl (C=O) groups excluding carboxylic acids is 1. The molecule has 3 N–H and O–H groups in total. The van der Waals surface area contributed by atoms with E-state index in [-0.39, 0.29) is 12.3 Å². The number of aliphatic carboxylic acids is 1. The maximum absolute atomic E-state index is 11.9. The van der Waals surface area contributed by atoms with E-state index in [0.717, 1.165) is 10.9 Å². The molecule has 0 bridgehead atoms. The van der Waals surface area contributed by atoms with Crippen molar-refractivity contribution >= 4 is 22.8 Å². The van der Waals surface area contributed by atoms with Crippen LogP contribution in [-0.4, -0.2) is 33.2 Å². The molecule has 0 radical (unpaired) electrons. The fraction of sp³-hybridized carbons (Fsp3) is 0.250. The molecule has 1 amide bonds. The summed E-state index contributed by atoms with van der Waals surface area (Å²) in [5.74, 6) is -1.22. The molecule has 0 aliphatic carbocycles. The average molecular weight is 247 g/mol. The van der Waals surface area contributed by atoms with Crippen molar-refractivity contribution in [1.29, 1.82) is 0 Å². The van der Waals surface area contributed by atoms with Gasteiger partial charge in [-0.25, -0.2) is 0 Å². The summed E-state index contributed by atoms with van der Waals surface area (Å²) >= 11 is 0. The van der Waals surface area contributed by atoms with Crippen molar-refractivity contribution in [2.24, 2.45) is 0 Å². The molecule has 18 heavy (non-hydrogen) atoms. The van der Waals surface area contributed by atoms with E-state index in [2.05, 4.69) is 15.5 Å². The van der Waals surface area contributed by atoms with Crippen LogP contribution < -0.4 is 5.32 Å². The fourth-order valence-electron chi connectivity index (χ4n) is 1.70.